The van der Waals surface area contributed by atoms with Gasteiger partial charge in [-0.15, -0.1) is 0 Å². The van der Waals surface area contributed by atoms with E-state index in [2.05, 4.69) is 30.1 Å². The molecule has 1 aromatic heterocycles. The van der Waals surface area contributed by atoms with Crippen LogP contribution in [0.5, 0.6) is 0 Å². The lowest BCUT2D eigenvalue weighted by atomic mass is 9.82. The molecule has 1 unspecified atom stereocenters. The number of benzene rings is 1. The number of rotatable bonds is 2. The van der Waals surface area contributed by atoms with Crippen molar-refractivity contribution in [3.05, 3.63) is 65.0 Å². The highest BCUT2D eigenvalue weighted by Crippen LogP contribution is 2.30. The molecule has 0 saturated heterocycles. The molecule has 2 aromatic rings. The second-order valence-corrected chi connectivity index (χ2v) is 5.63. The SMILES string of the molecule is CC(N)(c1cccnc1)c1ccc2c(c1)CCCC2. The lowest BCUT2D eigenvalue weighted by Gasteiger charge is -2.27. The Morgan fingerprint density at radius 1 is 1.05 bits per heavy atom. The van der Waals surface area contributed by atoms with Gasteiger partial charge in [0.15, 0.2) is 0 Å². The number of nitrogens with two attached hydrogens (primary N) is 1. The lowest BCUT2D eigenvalue weighted by molar-refractivity contribution is 0.595. The molecule has 2 heteroatoms. The molecule has 2 N–H and O–H groups in total. The Bertz CT molecular complexity index is 573. The van der Waals surface area contributed by atoms with Crippen LogP contribution in [0, 0.1) is 0 Å². The molecule has 1 heterocycles. The number of fused-ring (bicyclic) bond motifs is 1. The third-order valence-electron chi connectivity index (χ3n) is 4.21. The highest BCUT2D eigenvalue weighted by molar-refractivity contribution is 5.41. The van der Waals surface area contributed by atoms with E-state index in [1.165, 1.54) is 42.4 Å². The molecule has 0 bridgehead atoms. The van der Waals surface area contributed by atoms with Gasteiger partial charge in [0.2, 0.25) is 0 Å². The number of aromatic nitrogens is 1. The highest BCUT2D eigenvalue weighted by Gasteiger charge is 2.25. The maximum Gasteiger partial charge on any atom is 0.0652 e. The molecule has 0 radical (unpaired) electrons. The minimum atomic E-state index is -0.471. The molecule has 1 aromatic carbocycles. The van der Waals surface area contributed by atoms with Crippen molar-refractivity contribution < 1.29 is 0 Å². The van der Waals surface area contributed by atoms with Crippen LogP contribution in [0.1, 0.15) is 42.0 Å². The molecular formula is C17H20N2. The molecule has 19 heavy (non-hydrogen) atoms. The monoisotopic (exact) mass is 252 g/mol. The predicted octanol–water partition coefficient (Wildman–Crippen LogP) is 3.18. The van der Waals surface area contributed by atoms with E-state index in [9.17, 15) is 0 Å². The summed E-state index contributed by atoms with van der Waals surface area (Å²) < 4.78 is 0. The van der Waals surface area contributed by atoms with Gasteiger partial charge >= 0.3 is 0 Å². The van der Waals surface area contributed by atoms with E-state index in [1.54, 1.807) is 6.20 Å². The van der Waals surface area contributed by atoms with E-state index < -0.39 is 5.54 Å². The number of hydrogen-bond acceptors (Lipinski definition) is 2. The van der Waals surface area contributed by atoms with E-state index in [0.29, 0.717) is 0 Å². The van der Waals surface area contributed by atoms with Crippen LogP contribution in [0.3, 0.4) is 0 Å². The summed E-state index contributed by atoms with van der Waals surface area (Å²) in [4.78, 5) is 4.18. The topological polar surface area (TPSA) is 38.9 Å². The Morgan fingerprint density at radius 2 is 1.84 bits per heavy atom. The van der Waals surface area contributed by atoms with Gasteiger partial charge in [-0.2, -0.15) is 0 Å². The van der Waals surface area contributed by atoms with Crippen LogP contribution in [0.15, 0.2) is 42.7 Å². The molecule has 2 nitrogen and oxygen atoms in total. The first-order valence-electron chi connectivity index (χ1n) is 6.99. The van der Waals surface area contributed by atoms with Gasteiger partial charge in [-0.3, -0.25) is 4.98 Å². The first kappa shape index (κ1) is 12.4. The van der Waals surface area contributed by atoms with Crippen molar-refractivity contribution in [3.8, 4) is 0 Å². The van der Waals surface area contributed by atoms with Crippen molar-refractivity contribution in [2.24, 2.45) is 5.73 Å². The summed E-state index contributed by atoms with van der Waals surface area (Å²) in [5, 5.41) is 0. The van der Waals surface area contributed by atoms with Gasteiger partial charge in [0.25, 0.3) is 0 Å². The summed E-state index contributed by atoms with van der Waals surface area (Å²) in [5.41, 5.74) is 11.3. The Hall–Kier alpha value is -1.67. The smallest absolute Gasteiger partial charge is 0.0652 e. The molecule has 3 rings (SSSR count). The fourth-order valence-electron chi connectivity index (χ4n) is 2.89. The number of nitrogens with zero attached hydrogens (tertiary/aromatic N) is 1. The summed E-state index contributed by atoms with van der Waals surface area (Å²) in [6.45, 7) is 2.06. The number of hydrogen-bond donors (Lipinski definition) is 1. The zero-order valence-electron chi connectivity index (χ0n) is 11.4. The zero-order valence-corrected chi connectivity index (χ0v) is 11.4. The first-order chi connectivity index (χ1) is 9.18. The summed E-state index contributed by atoms with van der Waals surface area (Å²) in [6.07, 6.45) is 8.65. The minimum absolute atomic E-state index is 0.471. The maximum absolute atomic E-state index is 6.55. The Kier molecular flexibility index (Phi) is 3.11. The molecule has 98 valence electrons. The average Bonchev–Trinajstić information content (AvgIpc) is 2.47. The van der Waals surface area contributed by atoms with Crippen LogP contribution >= 0.6 is 0 Å². The lowest BCUT2D eigenvalue weighted by Crippen LogP contribution is -2.34. The fraction of sp³-hybridized carbons (Fsp3) is 0.353. The molecule has 0 amide bonds. The van der Waals surface area contributed by atoms with Crippen LogP contribution in [0.4, 0.5) is 0 Å². The van der Waals surface area contributed by atoms with Crippen molar-refractivity contribution in [1.82, 2.24) is 4.98 Å². The van der Waals surface area contributed by atoms with Gasteiger partial charge in [-0.1, -0.05) is 24.3 Å². The molecule has 1 atom stereocenters. The van der Waals surface area contributed by atoms with Crippen molar-refractivity contribution in [3.63, 3.8) is 0 Å². The summed E-state index contributed by atoms with van der Waals surface area (Å²) in [6, 6.07) is 10.7. The fourth-order valence-corrected chi connectivity index (χ4v) is 2.89. The average molecular weight is 252 g/mol. The Balaban J connectivity index is 2.02. The molecule has 0 spiro atoms. The maximum atomic E-state index is 6.55. The van der Waals surface area contributed by atoms with Gasteiger partial charge in [-0.05, 0) is 60.9 Å². The van der Waals surface area contributed by atoms with Crippen molar-refractivity contribution in [1.29, 1.82) is 0 Å². The van der Waals surface area contributed by atoms with Crippen LogP contribution in [0.25, 0.3) is 0 Å². The largest absolute Gasteiger partial charge is 0.318 e. The van der Waals surface area contributed by atoms with Gasteiger partial charge in [0, 0.05) is 12.4 Å². The minimum Gasteiger partial charge on any atom is -0.318 e. The van der Waals surface area contributed by atoms with Crippen LogP contribution < -0.4 is 5.73 Å². The standard InChI is InChI=1S/C17H20N2/c1-17(18,16-7-4-10-19-12-16)15-9-8-13-5-2-3-6-14(13)11-15/h4,7-12H,2-3,5-6,18H2,1H3. The quantitative estimate of drug-likeness (QED) is 0.891. The Morgan fingerprint density at radius 3 is 2.58 bits per heavy atom. The molecule has 1 aliphatic carbocycles. The van der Waals surface area contributed by atoms with E-state index in [0.717, 1.165) is 5.56 Å². The van der Waals surface area contributed by atoms with Gasteiger partial charge < -0.3 is 5.73 Å². The molecule has 0 saturated carbocycles. The summed E-state index contributed by atoms with van der Waals surface area (Å²) >= 11 is 0. The normalized spacial score (nSPS) is 17.6. The molecule has 0 fully saturated rings. The van der Waals surface area contributed by atoms with E-state index in [4.69, 9.17) is 5.73 Å². The number of pyridine rings is 1. The number of aryl methyl sites for hydroxylation is 2. The van der Waals surface area contributed by atoms with Crippen LogP contribution in [-0.4, -0.2) is 4.98 Å². The molecular weight excluding hydrogens is 232 g/mol. The first-order valence-corrected chi connectivity index (χ1v) is 6.99. The van der Waals surface area contributed by atoms with Crippen molar-refractivity contribution in [2.75, 3.05) is 0 Å². The van der Waals surface area contributed by atoms with E-state index in [1.807, 2.05) is 18.3 Å². The van der Waals surface area contributed by atoms with Gasteiger partial charge in [0.1, 0.15) is 0 Å². The second kappa shape index (κ2) is 4.78. The molecule has 1 aliphatic rings. The van der Waals surface area contributed by atoms with Gasteiger partial charge in [0.05, 0.1) is 5.54 Å². The second-order valence-electron chi connectivity index (χ2n) is 5.63. The van der Waals surface area contributed by atoms with Crippen molar-refractivity contribution in [2.45, 2.75) is 38.1 Å². The van der Waals surface area contributed by atoms with E-state index in [-0.39, 0.29) is 0 Å². The summed E-state index contributed by atoms with van der Waals surface area (Å²) in [7, 11) is 0. The Labute approximate surface area is 114 Å². The van der Waals surface area contributed by atoms with Crippen LogP contribution in [-0.2, 0) is 18.4 Å². The predicted molar refractivity (Wildman–Crippen MR) is 78.0 cm³/mol. The third kappa shape index (κ3) is 2.28. The summed E-state index contributed by atoms with van der Waals surface area (Å²) in [5.74, 6) is 0. The highest BCUT2D eigenvalue weighted by atomic mass is 14.7. The van der Waals surface area contributed by atoms with Gasteiger partial charge in [-0.25, -0.2) is 0 Å². The third-order valence-corrected chi connectivity index (χ3v) is 4.21. The zero-order chi connectivity index (χ0) is 13.3. The van der Waals surface area contributed by atoms with Crippen molar-refractivity contribution >= 4 is 0 Å². The van der Waals surface area contributed by atoms with Crippen LogP contribution in [0.2, 0.25) is 0 Å². The van der Waals surface area contributed by atoms with E-state index >= 15 is 0 Å². The molecule has 0 aliphatic heterocycles.